The highest BCUT2D eigenvalue weighted by Gasteiger charge is 2.70. The van der Waals surface area contributed by atoms with Gasteiger partial charge in [0, 0.05) is 44.2 Å². The molecule has 2 amide bonds. The molecule has 0 radical (unpaired) electrons. The molecule has 8 rings (SSSR count). The van der Waals surface area contributed by atoms with Crippen LogP contribution in [0, 0.1) is 46.3 Å². The molecule has 9 unspecified atom stereocenters. The minimum absolute atomic E-state index is 0.00734. The molecule has 17 atom stereocenters. The number of fused-ring (bicyclic) bond motifs is 5. The maximum Gasteiger partial charge on any atom is 0.407 e. The first-order valence-electron chi connectivity index (χ1n) is 28.5. The van der Waals surface area contributed by atoms with Gasteiger partial charge in [-0.3, -0.25) is 14.4 Å². The average molecular weight is 1120 g/mol. The summed E-state index contributed by atoms with van der Waals surface area (Å²) >= 11 is 0. The molecule has 2 heterocycles. The Kier molecular flexibility index (Phi) is 19.7. The number of hydrogen-bond acceptors (Lipinski definition) is 17. The van der Waals surface area contributed by atoms with Gasteiger partial charge in [0.15, 0.2) is 24.8 Å². The monoisotopic (exact) mass is 1120 g/mol. The Morgan fingerprint density at radius 3 is 2.14 bits per heavy atom. The van der Waals surface area contributed by atoms with Gasteiger partial charge in [0.2, 0.25) is 5.91 Å². The minimum atomic E-state index is -1.73. The maximum absolute atomic E-state index is 14.4. The smallest absolute Gasteiger partial charge is 0.407 e. The number of aliphatic hydroxyl groups is 4. The quantitative estimate of drug-likeness (QED) is 0.0449. The van der Waals surface area contributed by atoms with Crippen LogP contribution in [-0.4, -0.2) is 138 Å². The lowest BCUT2D eigenvalue weighted by atomic mass is 9.46. The van der Waals surface area contributed by atoms with E-state index < -0.39 is 96.9 Å². The van der Waals surface area contributed by atoms with E-state index in [4.69, 9.17) is 37.9 Å². The number of allylic oxidation sites excluding steroid dienone is 2. The first-order chi connectivity index (χ1) is 38.1. The van der Waals surface area contributed by atoms with Crippen LogP contribution >= 0.6 is 0 Å². The molecule has 6 aliphatic rings. The van der Waals surface area contributed by atoms with Crippen LogP contribution in [0.3, 0.4) is 0 Å². The Morgan fingerprint density at radius 2 is 1.49 bits per heavy atom. The number of alkyl carbamates (subject to hydrolysis) is 1. The SMILES string of the molecule is C=CCOC(=O)NCc1ccc(CNC(=O)C[C@H]2CC[C@@]3(C)C(=CC[C@@H]4C3CC[C@@]3(C)[C@H]4C[C@H](OC4OCC(O)C(OC5OCC(O)C(O)C5OC(=O)c5ccc(OC)cc5)C4OC(C)=O)[C@]3(O)[C@H](C)C(=O)CCC(C)C)C2)cc1. The molecule has 0 spiro atoms. The number of Topliss-reactive ketones (excluding diaryl/α,β-unsaturated/α-hetero) is 1. The van der Waals surface area contributed by atoms with Crippen molar-refractivity contribution in [2.24, 2.45) is 46.3 Å². The molecule has 6 N–H and O–H groups in total. The van der Waals surface area contributed by atoms with Crippen molar-refractivity contribution in [3.8, 4) is 5.75 Å². The summed E-state index contributed by atoms with van der Waals surface area (Å²) in [6.07, 6.45) is -3.50. The van der Waals surface area contributed by atoms with Crippen LogP contribution in [0.1, 0.15) is 127 Å². The molecule has 2 aromatic carbocycles. The zero-order valence-electron chi connectivity index (χ0n) is 47.3. The van der Waals surface area contributed by atoms with E-state index in [0.717, 1.165) is 43.2 Å². The Hall–Kier alpha value is -5.25. The van der Waals surface area contributed by atoms with Gasteiger partial charge in [-0.15, -0.1) is 0 Å². The molecule has 19 nitrogen and oxygen atoms in total. The zero-order valence-corrected chi connectivity index (χ0v) is 47.3. The fraction of sp³-hybridized carbons (Fsp3) is 0.656. The lowest BCUT2D eigenvalue weighted by Crippen LogP contribution is -2.64. The summed E-state index contributed by atoms with van der Waals surface area (Å²) in [6.45, 7) is 15.1. The highest BCUT2D eigenvalue weighted by atomic mass is 16.8. The topological polar surface area (TPSA) is 264 Å². The average Bonchev–Trinajstić information content (AvgIpc) is 3.73. The summed E-state index contributed by atoms with van der Waals surface area (Å²) in [4.78, 5) is 66.0. The van der Waals surface area contributed by atoms with Gasteiger partial charge in [-0.2, -0.15) is 0 Å². The summed E-state index contributed by atoms with van der Waals surface area (Å²) in [5.74, 6) is -1.44. The molecule has 4 aliphatic carbocycles. The van der Waals surface area contributed by atoms with Gasteiger partial charge >= 0.3 is 18.0 Å². The molecule has 3 saturated carbocycles. The van der Waals surface area contributed by atoms with Crippen molar-refractivity contribution in [2.45, 2.75) is 180 Å². The zero-order chi connectivity index (χ0) is 57.7. The normalized spacial score (nSPS) is 35.0. The predicted molar refractivity (Wildman–Crippen MR) is 290 cm³/mol. The number of carbonyl (C=O) groups is 5. The molecule has 5 fully saturated rings. The second kappa shape index (κ2) is 25.9. The Labute approximate surface area is 469 Å². The van der Waals surface area contributed by atoms with E-state index in [2.05, 4.69) is 51.0 Å². The van der Waals surface area contributed by atoms with Gasteiger partial charge in [-0.1, -0.05) is 83.2 Å². The lowest BCUT2D eigenvalue weighted by molar-refractivity contribution is -0.345. The number of rotatable bonds is 21. The number of aliphatic hydroxyl groups excluding tert-OH is 3. The summed E-state index contributed by atoms with van der Waals surface area (Å²) in [5, 5.41) is 52.9. The standard InChI is InChI=1S/C61H84N2O17/c1-9-26-74-58(71)63-31-38-13-11-37(12-14-38)30-62-50(68)28-39-22-24-59(6)41(27-39)17-20-43-44(59)23-25-60(7)45(43)29-49(61(60,72)35(4)46(65)21-10-34(2)3)78-57-54(77-36(5)64)52(48(67)33-76-57)80-56-53(51(69)47(66)32-75-56)79-55(70)40-15-18-42(73-8)19-16-40/h9,11-19,34-35,39,43-45,47-49,51-54,56-57,66-67,69,72H,1,10,20-33H2,2-8H3,(H,62,68)(H,63,71)/t35-,39+,43-,44?,45+,47?,48?,49+,51?,52?,53?,54?,56?,57?,59+,60+,61-/m1/s1. The number of ether oxygens (including phenoxy) is 8. The molecule has 2 saturated heterocycles. The molecular weight excluding hydrogens is 1030 g/mol. The molecule has 2 aliphatic heterocycles. The molecular formula is C61H84N2O17. The van der Waals surface area contributed by atoms with Crippen molar-refractivity contribution in [3.05, 3.63) is 89.5 Å². The van der Waals surface area contributed by atoms with Crippen LogP contribution in [0.4, 0.5) is 4.79 Å². The summed E-state index contributed by atoms with van der Waals surface area (Å²) in [5.41, 5.74) is 0.635. The van der Waals surface area contributed by atoms with Crippen LogP contribution < -0.4 is 15.4 Å². The van der Waals surface area contributed by atoms with E-state index in [-0.39, 0.29) is 71.9 Å². The minimum Gasteiger partial charge on any atom is -0.497 e. The fourth-order valence-corrected chi connectivity index (χ4v) is 14.0. The van der Waals surface area contributed by atoms with Crippen molar-refractivity contribution < 1.29 is 82.3 Å². The number of ketones is 1. The van der Waals surface area contributed by atoms with E-state index in [1.54, 1.807) is 19.1 Å². The highest BCUT2D eigenvalue weighted by Crippen LogP contribution is 2.69. The third-order valence-corrected chi connectivity index (χ3v) is 18.6. The molecule has 0 bridgehead atoms. The first-order valence-corrected chi connectivity index (χ1v) is 28.5. The molecule has 80 heavy (non-hydrogen) atoms. The van der Waals surface area contributed by atoms with Gasteiger partial charge in [0.05, 0.1) is 32.0 Å². The fourth-order valence-electron chi connectivity index (χ4n) is 14.0. The van der Waals surface area contributed by atoms with Crippen molar-refractivity contribution in [1.29, 1.82) is 0 Å². The largest absolute Gasteiger partial charge is 0.497 e. The van der Waals surface area contributed by atoms with E-state index in [0.29, 0.717) is 44.5 Å². The van der Waals surface area contributed by atoms with E-state index >= 15 is 0 Å². The number of esters is 2. The van der Waals surface area contributed by atoms with Crippen LogP contribution in [0.15, 0.2) is 72.8 Å². The predicted octanol–water partition coefficient (Wildman–Crippen LogP) is 6.40. The van der Waals surface area contributed by atoms with Crippen molar-refractivity contribution >= 4 is 29.7 Å². The van der Waals surface area contributed by atoms with Gasteiger partial charge in [0.1, 0.15) is 48.2 Å². The number of hydrogen-bond donors (Lipinski definition) is 6. The number of amides is 2. The molecule has 2 aromatic rings. The third-order valence-electron chi connectivity index (χ3n) is 18.6. The summed E-state index contributed by atoms with van der Waals surface area (Å²) < 4.78 is 47.0. The lowest BCUT2D eigenvalue weighted by Gasteiger charge is -2.59. The van der Waals surface area contributed by atoms with Crippen LogP contribution in [-0.2, 0) is 60.6 Å². The van der Waals surface area contributed by atoms with E-state index in [1.807, 2.05) is 24.3 Å². The van der Waals surface area contributed by atoms with Crippen molar-refractivity contribution in [1.82, 2.24) is 10.6 Å². The summed E-state index contributed by atoms with van der Waals surface area (Å²) in [7, 11) is 1.48. The highest BCUT2D eigenvalue weighted by molar-refractivity contribution is 5.89. The van der Waals surface area contributed by atoms with Crippen molar-refractivity contribution in [2.75, 3.05) is 26.9 Å². The number of benzene rings is 2. The van der Waals surface area contributed by atoms with Crippen LogP contribution in [0.25, 0.3) is 0 Å². The first kappa shape index (κ1) is 60.8. The Morgan fingerprint density at radius 1 is 0.825 bits per heavy atom. The van der Waals surface area contributed by atoms with Gasteiger partial charge < -0.3 is 69.0 Å². The summed E-state index contributed by atoms with van der Waals surface area (Å²) in [6, 6.07) is 13.7. The van der Waals surface area contributed by atoms with Gasteiger partial charge in [-0.25, -0.2) is 9.59 Å². The van der Waals surface area contributed by atoms with Crippen LogP contribution in [0.2, 0.25) is 0 Å². The molecule has 0 aromatic heterocycles. The third kappa shape index (κ3) is 13.0. The van der Waals surface area contributed by atoms with Crippen molar-refractivity contribution in [3.63, 3.8) is 0 Å². The van der Waals surface area contributed by atoms with Gasteiger partial charge in [-0.05, 0) is 122 Å². The second-order valence-corrected chi connectivity index (χ2v) is 24.0. The maximum atomic E-state index is 14.4. The number of methoxy groups -OCH3 is 1. The molecule has 19 heteroatoms. The second-order valence-electron chi connectivity index (χ2n) is 24.0. The molecule has 440 valence electrons. The van der Waals surface area contributed by atoms with E-state index in [1.165, 1.54) is 37.8 Å². The Balaban J connectivity index is 0.982. The van der Waals surface area contributed by atoms with Gasteiger partial charge in [0.25, 0.3) is 0 Å². The number of carbonyl (C=O) groups excluding carboxylic acids is 5. The van der Waals surface area contributed by atoms with E-state index in [9.17, 15) is 44.4 Å². The Bertz CT molecular complexity index is 2540. The van der Waals surface area contributed by atoms with Crippen LogP contribution in [0.5, 0.6) is 5.75 Å². The number of nitrogens with one attached hydrogen (secondary N) is 2.